The van der Waals surface area contributed by atoms with E-state index in [0.717, 1.165) is 0 Å². The number of carbonyl (C=O) groups excluding carboxylic acids is 1. The molecule has 1 amide bonds. The minimum absolute atomic E-state index is 0.186. The number of hydrogen-bond donors (Lipinski definition) is 2. The SMILES string of the molecule is CN(CCNC(=O)C1=C/C=C\C=C/C=C1)CCS(=O)(=O)O. The third-order valence-corrected chi connectivity index (χ3v) is 3.47. The van der Waals surface area contributed by atoms with Gasteiger partial charge in [-0.25, -0.2) is 0 Å². The lowest BCUT2D eigenvalue weighted by Crippen LogP contribution is -2.35. The fourth-order valence-corrected chi connectivity index (χ4v) is 2.11. The Bertz CT molecular complexity index is 574. The maximum Gasteiger partial charge on any atom is 0.266 e. The summed E-state index contributed by atoms with van der Waals surface area (Å²) in [5.74, 6) is -0.503. The van der Waals surface area contributed by atoms with Crippen LogP contribution in [0, 0.1) is 0 Å². The Balaban J connectivity index is 2.33. The molecule has 1 aliphatic rings. The van der Waals surface area contributed by atoms with Crippen LogP contribution in [-0.4, -0.2) is 56.2 Å². The Morgan fingerprint density at radius 1 is 1.19 bits per heavy atom. The molecule has 0 bridgehead atoms. The Morgan fingerprint density at radius 2 is 1.86 bits per heavy atom. The van der Waals surface area contributed by atoms with Gasteiger partial charge in [0.2, 0.25) is 0 Å². The average Bonchev–Trinajstić information content (AvgIpc) is 2.35. The van der Waals surface area contributed by atoms with Crippen molar-refractivity contribution < 1.29 is 17.8 Å². The predicted octanol–water partition coefficient (Wildman–Crippen LogP) is 0.531. The van der Waals surface area contributed by atoms with Gasteiger partial charge in [0.25, 0.3) is 16.0 Å². The van der Waals surface area contributed by atoms with Crippen molar-refractivity contribution in [1.82, 2.24) is 10.2 Å². The monoisotopic (exact) mass is 312 g/mol. The van der Waals surface area contributed by atoms with E-state index >= 15 is 0 Å². The van der Waals surface area contributed by atoms with E-state index in [4.69, 9.17) is 4.55 Å². The minimum Gasteiger partial charge on any atom is -0.351 e. The Hall–Kier alpha value is -1.70. The molecule has 0 aromatic carbocycles. The van der Waals surface area contributed by atoms with Crippen LogP contribution in [0.25, 0.3) is 0 Å². The third-order valence-electron chi connectivity index (χ3n) is 2.77. The van der Waals surface area contributed by atoms with E-state index in [0.29, 0.717) is 18.7 Å². The molecule has 0 spiro atoms. The van der Waals surface area contributed by atoms with Crippen molar-refractivity contribution in [2.45, 2.75) is 0 Å². The van der Waals surface area contributed by atoms with Crippen molar-refractivity contribution >= 4 is 16.0 Å². The lowest BCUT2D eigenvalue weighted by atomic mass is 10.1. The van der Waals surface area contributed by atoms with E-state index in [2.05, 4.69) is 5.32 Å². The van der Waals surface area contributed by atoms with Crippen LogP contribution >= 0.6 is 0 Å². The summed E-state index contributed by atoms with van der Waals surface area (Å²) in [5.41, 5.74) is 0.552. The summed E-state index contributed by atoms with van der Waals surface area (Å²) in [7, 11) is -2.22. The van der Waals surface area contributed by atoms with Gasteiger partial charge in [0.1, 0.15) is 0 Å². The van der Waals surface area contributed by atoms with Crippen molar-refractivity contribution in [3.8, 4) is 0 Å². The molecule has 2 N–H and O–H groups in total. The average molecular weight is 312 g/mol. The molecule has 21 heavy (non-hydrogen) atoms. The number of likely N-dealkylation sites (N-methyl/N-ethyl adjacent to an activating group) is 1. The van der Waals surface area contributed by atoms with Crippen LogP contribution in [0.4, 0.5) is 0 Å². The van der Waals surface area contributed by atoms with Crippen LogP contribution in [0.5, 0.6) is 0 Å². The summed E-state index contributed by atoms with van der Waals surface area (Å²) < 4.78 is 29.9. The van der Waals surface area contributed by atoms with Crippen LogP contribution in [0.3, 0.4) is 0 Å². The number of carbonyl (C=O) groups is 1. The first-order valence-corrected chi connectivity index (χ1v) is 8.13. The van der Waals surface area contributed by atoms with Crippen molar-refractivity contribution in [1.29, 1.82) is 0 Å². The maximum atomic E-state index is 11.9. The Labute approximate surface area is 125 Å². The standard InChI is InChI=1S/C14H20N2O4S/c1-16(11-12-21(18,19)20)10-9-15-14(17)13-7-5-3-2-4-6-8-13/h2-8H,9-12H2,1H3,(H,15,17)(H,18,19,20)/b3-2-,4-2?,5-3?,6-4-,7-5?,8-6?,13-7?,13-8?. The van der Waals surface area contributed by atoms with Crippen LogP contribution in [0.1, 0.15) is 0 Å². The second kappa shape index (κ2) is 8.56. The molecule has 1 rings (SSSR count). The molecule has 0 atom stereocenters. The van der Waals surface area contributed by atoms with Gasteiger partial charge in [-0.15, -0.1) is 0 Å². The van der Waals surface area contributed by atoms with Gasteiger partial charge >= 0.3 is 0 Å². The number of rotatable bonds is 7. The molecular weight excluding hydrogens is 292 g/mol. The van der Waals surface area contributed by atoms with Gasteiger partial charge in [-0.3, -0.25) is 9.35 Å². The molecule has 0 radical (unpaired) electrons. The predicted molar refractivity (Wildman–Crippen MR) is 82.4 cm³/mol. The summed E-state index contributed by atoms with van der Waals surface area (Å²) >= 11 is 0. The van der Waals surface area contributed by atoms with Gasteiger partial charge in [0.15, 0.2) is 0 Å². The van der Waals surface area contributed by atoms with Gasteiger partial charge in [0.05, 0.1) is 5.75 Å². The van der Waals surface area contributed by atoms with Crippen LogP contribution in [0.2, 0.25) is 0 Å². The molecule has 116 valence electrons. The highest BCUT2D eigenvalue weighted by atomic mass is 32.2. The lowest BCUT2D eigenvalue weighted by Gasteiger charge is -2.16. The number of nitrogens with zero attached hydrogens (tertiary/aromatic N) is 1. The van der Waals surface area contributed by atoms with Crippen molar-refractivity contribution in [3.63, 3.8) is 0 Å². The molecule has 0 unspecified atom stereocenters. The number of hydrogen-bond acceptors (Lipinski definition) is 4. The molecule has 0 heterocycles. The van der Waals surface area contributed by atoms with Crippen molar-refractivity contribution in [2.75, 3.05) is 32.4 Å². The molecule has 0 aromatic heterocycles. The molecule has 0 aromatic rings. The fraction of sp³-hybridized carbons (Fsp3) is 0.357. The first-order valence-electron chi connectivity index (χ1n) is 6.52. The van der Waals surface area contributed by atoms with Gasteiger partial charge in [-0.1, -0.05) is 30.4 Å². The van der Waals surface area contributed by atoms with Crippen LogP contribution in [0.15, 0.2) is 48.1 Å². The zero-order chi connectivity index (χ0) is 15.7. The topological polar surface area (TPSA) is 86.7 Å². The summed E-state index contributed by atoms with van der Waals surface area (Å²) in [4.78, 5) is 13.6. The molecule has 0 saturated heterocycles. The quantitative estimate of drug-likeness (QED) is 0.670. The largest absolute Gasteiger partial charge is 0.351 e. The highest BCUT2D eigenvalue weighted by Gasteiger charge is 2.08. The molecule has 7 heteroatoms. The molecular formula is C14H20N2O4S. The van der Waals surface area contributed by atoms with Crippen molar-refractivity contribution in [3.05, 3.63) is 48.1 Å². The fourth-order valence-electron chi connectivity index (χ4n) is 1.56. The van der Waals surface area contributed by atoms with E-state index in [1.165, 1.54) is 0 Å². The smallest absolute Gasteiger partial charge is 0.266 e. The summed E-state index contributed by atoms with van der Waals surface area (Å²) in [6, 6.07) is 0. The summed E-state index contributed by atoms with van der Waals surface area (Å²) in [6.07, 6.45) is 12.5. The molecule has 0 fully saturated rings. The highest BCUT2D eigenvalue weighted by molar-refractivity contribution is 7.85. The number of allylic oxidation sites excluding steroid dienone is 6. The van der Waals surface area contributed by atoms with Gasteiger partial charge in [0, 0.05) is 25.2 Å². The van der Waals surface area contributed by atoms with E-state index in [9.17, 15) is 13.2 Å². The van der Waals surface area contributed by atoms with E-state index in [-0.39, 0.29) is 18.2 Å². The first-order chi connectivity index (χ1) is 9.88. The zero-order valence-corrected chi connectivity index (χ0v) is 12.7. The number of nitrogens with one attached hydrogen (secondary N) is 1. The Kier molecular flexibility index (Phi) is 7.07. The minimum atomic E-state index is -3.95. The van der Waals surface area contributed by atoms with Crippen LogP contribution < -0.4 is 5.32 Å². The van der Waals surface area contributed by atoms with Gasteiger partial charge in [-0.2, -0.15) is 8.42 Å². The van der Waals surface area contributed by atoms with Crippen molar-refractivity contribution in [2.24, 2.45) is 0 Å². The van der Waals surface area contributed by atoms with E-state index < -0.39 is 10.1 Å². The van der Waals surface area contributed by atoms with Gasteiger partial charge < -0.3 is 10.2 Å². The van der Waals surface area contributed by atoms with Gasteiger partial charge in [-0.05, 0) is 19.2 Å². The molecule has 0 aliphatic heterocycles. The molecule has 6 nitrogen and oxygen atoms in total. The zero-order valence-electron chi connectivity index (χ0n) is 11.9. The lowest BCUT2D eigenvalue weighted by molar-refractivity contribution is -0.117. The normalized spacial score (nSPS) is 17.8. The second-order valence-corrected chi connectivity index (χ2v) is 6.17. The maximum absolute atomic E-state index is 11.9. The van der Waals surface area contributed by atoms with E-state index in [1.54, 1.807) is 36.3 Å². The van der Waals surface area contributed by atoms with Crippen LogP contribution in [-0.2, 0) is 14.9 Å². The summed E-state index contributed by atoms with van der Waals surface area (Å²) in [6.45, 7) is 1.10. The number of amides is 1. The second-order valence-electron chi connectivity index (χ2n) is 4.60. The van der Waals surface area contributed by atoms with E-state index in [1.807, 2.05) is 18.2 Å². The molecule has 0 saturated carbocycles. The Morgan fingerprint density at radius 3 is 2.57 bits per heavy atom. The molecule has 1 aliphatic carbocycles. The third kappa shape index (κ3) is 8.23. The summed E-state index contributed by atoms with van der Waals surface area (Å²) in [5, 5.41) is 2.76. The highest BCUT2D eigenvalue weighted by Crippen LogP contribution is 2.01. The first kappa shape index (κ1) is 17.4.